The molecule has 1 heterocycles. The molecular formula is C28H32N2O2. The van der Waals surface area contributed by atoms with Gasteiger partial charge in [0.15, 0.2) is 0 Å². The van der Waals surface area contributed by atoms with Crippen molar-refractivity contribution in [2.75, 3.05) is 7.11 Å². The number of allylic oxidation sites excluding steroid dienone is 1. The lowest BCUT2D eigenvalue weighted by atomic mass is 9.96. The highest BCUT2D eigenvalue weighted by molar-refractivity contribution is 5.81. The van der Waals surface area contributed by atoms with Crippen molar-refractivity contribution >= 4 is 11.5 Å². The van der Waals surface area contributed by atoms with Crippen molar-refractivity contribution < 1.29 is 9.53 Å². The van der Waals surface area contributed by atoms with E-state index in [1.54, 1.807) is 13.3 Å². The van der Waals surface area contributed by atoms with E-state index in [-0.39, 0.29) is 11.9 Å². The normalized spacial score (nSPS) is 12.2. The van der Waals surface area contributed by atoms with E-state index in [1.165, 1.54) is 5.56 Å². The number of ether oxygens (including phenoxy) is 1. The van der Waals surface area contributed by atoms with Gasteiger partial charge in [0, 0.05) is 24.9 Å². The summed E-state index contributed by atoms with van der Waals surface area (Å²) < 4.78 is 5.28. The number of carbonyl (C=O) groups excluding carboxylic acids is 1. The lowest BCUT2D eigenvalue weighted by Gasteiger charge is -2.14. The number of benzene rings is 2. The van der Waals surface area contributed by atoms with Gasteiger partial charge in [-0.2, -0.15) is 0 Å². The van der Waals surface area contributed by atoms with Gasteiger partial charge in [-0.05, 0) is 73.1 Å². The van der Waals surface area contributed by atoms with Gasteiger partial charge in [0.05, 0.1) is 7.11 Å². The molecule has 0 spiro atoms. The van der Waals surface area contributed by atoms with Gasteiger partial charge in [0.2, 0.25) is 5.91 Å². The minimum Gasteiger partial charge on any atom is -0.497 e. The first-order chi connectivity index (χ1) is 15.7. The van der Waals surface area contributed by atoms with Crippen molar-refractivity contribution in [3.05, 3.63) is 102 Å². The van der Waals surface area contributed by atoms with E-state index in [0.29, 0.717) is 12.8 Å². The number of pyridine rings is 1. The molecule has 166 valence electrons. The Morgan fingerprint density at radius 1 is 1.03 bits per heavy atom. The van der Waals surface area contributed by atoms with Crippen LogP contribution >= 0.6 is 0 Å². The van der Waals surface area contributed by atoms with Crippen molar-refractivity contribution in [1.29, 1.82) is 0 Å². The maximum Gasteiger partial charge on any atom is 0.220 e. The molecule has 3 rings (SSSR count). The maximum absolute atomic E-state index is 12.5. The monoisotopic (exact) mass is 428 g/mol. The highest BCUT2D eigenvalue weighted by Crippen LogP contribution is 2.26. The van der Waals surface area contributed by atoms with E-state index in [9.17, 15) is 4.79 Å². The average molecular weight is 429 g/mol. The van der Waals surface area contributed by atoms with Crippen molar-refractivity contribution in [3.63, 3.8) is 0 Å². The number of hydrogen-bond acceptors (Lipinski definition) is 3. The van der Waals surface area contributed by atoms with E-state index in [2.05, 4.69) is 53.6 Å². The average Bonchev–Trinajstić information content (AvgIpc) is 2.83. The van der Waals surface area contributed by atoms with Crippen LogP contribution in [0.1, 0.15) is 49.3 Å². The fourth-order valence-corrected chi connectivity index (χ4v) is 3.72. The number of aromatic nitrogens is 1. The standard InChI is InChI=1S/C28H32N2O2/c1-22(9-6-10-23-11-8-20-29-21-23)30-28(31)15-7-14-27(24-12-4-3-5-13-24)25-16-18-26(32-2)19-17-25/h3-5,8,11-14,16-22H,6-7,9-10,15H2,1-2H3,(H,30,31)/b27-14-. The Kier molecular flexibility index (Phi) is 9.05. The summed E-state index contributed by atoms with van der Waals surface area (Å²) in [5.41, 5.74) is 4.62. The SMILES string of the molecule is COc1ccc(/C(=C\CCC(=O)NC(C)CCCc2cccnc2)c2ccccc2)cc1. The van der Waals surface area contributed by atoms with Crippen molar-refractivity contribution in [3.8, 4) is 5.75 Å². The molecule has 1 N–H and O–H groups in total. The van der Waals surface area contributed by atoms with Gasteiger partial charge in [-0.3, -0.25) is 9.78 Å². The van der Waals surface area contributed by atoms with Gasteiger partial charge >= 0.3 is 0 Å². The van der Waals surface area contributed by atoms with Gasteiger partial charge in [0.1, 0.15) is 5.75 Å². The second-order valence-electron chi connectivity index (χ2n) is 7.97. The lowest BCUT2D eigenvalue weighted by Crippen LogP contribution is -2.32. The molecule has 32 heavy (non-hydrogen) atoms. The number of nitrogens with zero attached hydrogens (tertiary/aromatic N) is 1. The molecule has 1 unspecified atom stereocenters. The molecule has 0 bridgehead atoms. The van der Waals surface area contributed by atoms with Crippen LogP contribution in [-0.4, -0.2) is 24.0 Å². The predicted molar refractivity (Wildman–Crippen MR) is 131 cm³/mol. The third kappa shape index (κ3) is 7.38. The summed E-state index contributed by atoms with van der Waals surface area (Å²) in [6.45, 7) is 2.07. The Morgan fingerprint density at radius 2 is 1.78 bits per heavy atom. The quantitative estimate of drug-likeness (QED) is 0.418. The zero-order chi connectivity index (χ0) is 22.6. The summed E-state index contributed by atoms with van der Waals surface area (Å²) in [6, 6.07) is 22.5. The molecule has 0 saturated heterocycles. The van der Waals surface area contributed by atoms with E-state index < -0.39 is 0 Å². The molecule has 0 radical (unpaired) electrons. The molecule has 4 nitrogen and oxygen atoms in total. The molecule has 3 aromatic rings. The van der Waals surface area contributed by atoms with Crippen LogP contribution in [0.2, 0.25) is 0 Å². The third-order valence-corrected chi connectivity index (χ3v) is 5.44. The smallest absolute Gasteiger partial charge is 0.220 e. The highest BCUT2D eigenvalue weighted by atomic mass is 16.5. The van der Waals surface area contributed by atoms with Gasteiger partial charge < -0.3 is 10.1 Å². The van der Waals surface area contributed by atoms with Crippen molar-refractivity contribution in [2.45, 2.75) is 45.1 Å². The number of amides is 1. The van der Waals surface area contributed by atoms with E-state index in [0.717, 1.165) is 41.7 Å². The molecule has 0 aliphatic carbocycles. The third-order valence-electron chi connectivity index (χ3n) is 5.44. The highest BCUT2D eigenvalue weighted by Gasteiger charge is 2.09. The minimum absolute atomic E-state index is 0.0947. The second kappa shape index (κ2) is 12.5. The fraction of sp³-hybridized carbons (Fsp3) is 0.286. The van der Waals surface area contributed by atoms with Crippen LogP contribution in [0.5, 0.6) is 5.75 Å². The molecule has 0 aliphatic heterocycles. The van der Waals surface area contributed by atoms with Gasteiger partial charge in [-0.15, -0.1) is 0 Å². The summed E-state index contributed by atoms with van der Waals surface area (Å²) >= 11 is 0. The molecule has 1 atom stereocenters. The Balaban J connectivity index is 1.53. The first-order valence-corrected chi connectivity index (χ1v) is 11.2. The Morgan fingerprint density at radius 3 is 2.47 bits per heavy atom. The van der Waals surface area contributed by atoms with Gasteiger partial charge in [-0.1, -0.05) is 54.6 Å². The van der Waals surface area contributed by atoms with Crippen LogP contribution < -0.4 is 10.1 Å². The second-order valence-corrected chi connectivity index (χ2v) is 7.97. The van der Waals surface area contributed by atoms with Crippen molar-refractivity contribution in [1.82, 2.24) is 10.3 Å². The molecule has 0 fully saturated rings. The minimum atomic E-state index is 0.0947. The zero-order valence-corrected chi connectivity index (χ0v) is 19.0. The van der Waals surface area contributed by atoms with Crippen LogP contribution in [0, 0.1) is 0 Å². The Labute approximate surface area is 191 Å². The zero-order valence-electron chi connectivity index (χ0n) is 19.0. The van der Waals surface area contributed by atoms with Gasteiger partial charge in [-0.25, -0.2) is 0 Å². The number of hydrogen-bond donors (Lipinski definition) is 1. The number of methoxy groups -OCH3 is 1. The lowest BCUT2D eigenvalue weighted by molar-refractivity contribution is -0.121. The molecule has 0 saturated carbocycles. The van der Waals surface area contributed by atoms with Crippen LogP contribution in [-0.2, 0) is 11.2 Å². The molecule has 0 aliphatic rings. The first-order valence-electron chi connectivity index (χ1n) is 11.2. The first kappa shape index (κ1) is 23.3. The molecule has 1 aromatic heterocycles. The van der Waals surface area contributed by atoms with Crippen LogP contribution in [0.3, 0.4) is 0 Å². The maximum atomic E-state index is 12.5. The van der Waals surface area contributed by atoms with Crippen LogP contribution in [0.25, 0.3) is 5.57 Å². The van der Waals surface area contributed by atoms with E-state index >= 15 is 0 Å². The van der Waals surface area contributed by atoms with Crippen molar-refractivity contribution in [2.24, 2.45) is 0 Å². The Bertz CT molecular complexity index is 983. The summed E-state index contributed by atoms with van der Waals surface area (Å²) in [5, 5.41) is 3.13. The summed E-state index contributed by atoms with van der Waals surface area (Å²) in [4.78, 5) is 16.6. The number of aryl methyl sites for hydroxylation is 1. The van der Waals surface area contributed by atoms with E-state index in [1.807, 2.05) is 42.6 Å². The fourth-order valence-electron chi connectivity index (χ4n) is 3.72. The molecule has 1 amide bonds. The van der Waals surface area contributed by atoms with Gasteiger partial charge in [0.25, 0.3) is 0 Å². The molecule has 4 heteroatoms. The number of nitrogens with one attached hydrogen (secondary N) is 1. The molecular weight excluding hydrogens is 396 g/mol. The van der Waals surface area contributed by atoms with E-state index in [4.69, 9.17) is 4.74 Å². The van der Waals surface area contributed by atoms with Crippen LogP contribution in [0.4, 0.5) is 0 Å². The summed E-state index contributed by atoms with van der Waals surface area (Å²) in [5.74, 6) is 0.926. The topological polar surface area (TPSA) is 51.2 Å². The molecule has 2 aromatic carbocycles. The Hall–Kier alpha value is -3.40. The largest absolute Gasteiger partial charge is 0.497 e. The summed E-state index contributed by atoms with van der Waals surface area (Å²) in [7, 11) is 1.67. The number of carbonyl (C=O) groups is 1. The predicted octanol–water partition coefficient (Wildman–Crippen LogP) is 5.83. The summed E-state index contributed by atoms with van der Waals surface area (Å²) in [6.07, 6.45) is 9.98. The number of rotatable bonds is 11. The van der Waals surface area contributed by atoms with Crippen LogP contribution in [0.15, 0.2) is 85.2 Å².